The van der Waals surface area contributed by atoms with Crippen LogP contribution < -0.4 is 10.6 Å². The summed E-state index contributed by atoms with van der Waals surface area (Å²) in [5, 5.41) is 5.61. The van der Waals surface area contributed by atoms with Gasteiger partial charge >= 0.3 is 0 Å². The molecule has 122 valence electrons. The number of amides is 2. The van der Waals surface area contributed by atoms with E-state index in [1.165, 1.54) is 6.26 Å². The van der Waals surface area contributed by atoms with Crippen molar-refractivity contribution in [3.8, 4) is 0 Å². The molecule has 0 saturated heterocycles. The fourth-order valence-electron chi connectivity index (χ4n) is 2.13. The van der Waals surface area contributed by atoms with E-state index >= 15 is 0 Å². The van der Waals surface area contributed by atoms with Crippen LogP contribution in [0.25, 0.3) is 0 Å². The van der Waals surface area contributed by atoms with Crippen LogP contribution in [0.2, 0.25) is 0 Å². The molecule has 1 aromatic carbocycles. The molecular formula is C17H19IN2O3. The van der Waals surface area contributed by atoms with Crippen LogP contribution in [-0.2, 0) is 4.79 Å². The van der Waals surface area contributed by atoms with E-state index in [2.05, 4.69) is 33.2 Å². The molecule has 1 aromatic heterocycles. The van der Waals surface area contributed by atoms with Gasteiger partial charge in [-0.15, -0.1) is 0 Å². The molecule has 2 amide bonds. The smallest absolute Gasteiger partial charge is 0.287 e. The molecule has 1 atom stereocenters. The normalized spacial score (nSPS) is 12.0. The van der Waals surface area contributed by atoms with Gasteiger partial charge in [0.05, 0.1) is 6.26 Å². The molecule has 2 aromatic rings. The van der Waals surface area contributed by atoms with E-state index < -0.39 is 11.9 Å². The van der Waals surface area contributed by atoms with Crippen LogP contribution in [0, 0.1) is 16.4 Å². The molecule has 1 heterocycles. The van der Waals surface area contributed by atoms with Crippen molar-refractivity contribution >= 4 is 40.1 Å². The molecule has 0 saturated carbocycles. The summed E-state index contributed by atoms with van der Waals surface area (Å²) in [7, 11) is 0. The zero-order valence-electron chi connectivity index (χ0n) is 13.2. The number of aryl methyl sites for hydroxylation is 1. The summed E-state index contributed by atoms with van der Waals surface area (Å²) in [6.07, 6.45) is 1.42. The minimum Gasteiger partial charge on any atom is -0.459 e. The third-order valence-corrected chi connectivity index (χ3v) is 4.10. The fourth-order valence-corrected chi connectivity index (χ4v) is 2.78. The Morgan fingerprint density at radius 3 is 2.52 bits per heavy atom. The van der Waals surface area contributed by atoms with Gasteiger partial charge in [-0.25, -0.2) is 0 Å². The summed E-state index contributed by atoms with van der Waals surface area (Å²) >= 11 is 2.22. The van der Waals surface area contributed by atoms with Gasteiger partial charge in [0.15, 0.2) is 5.76 Å². The van der Waals surface area contributed by atoms with Crippen molar-refractivity contribution in [3.05, 3.63) is 51.5 Å². The second-order valence-corrected chi connectivity index (χ2v) is 6.87. The van der Waals surface area contributed by atoms with E-state index in [1.807, 2.05) is 39.0 Å². The van der Waals surface area contributed by atoms with Crippen molar-refractivity contribution < 1.29 is 14.0 Å². The number of carbonyl (C=O) groups excluding carboxylic acids is 2. The average molecular weight is 426 g/mol. The van der Waals surface area contributed by atoms with Crippen molar-refractivity contribution in [2.24, 2.45) is 5.92 Å². The Bertz CT molecular complexity index is 696. The van der Waals surface area contributed by atoms with Crippen molar-refractivity contribution in [2.45, 2.75) is 26.8 Å². The van der Waals surface area contributed by atoms with Gasteiger partial charge in [0.25, 0.3) is 5.91 Å². The first-order chi connectivity index (χ1) is 10.9. The first kappa shape index (κ1) is 17.5. The molecule has 0 fully saturated rings. The highest BCUT2D eigenvalue weighted by Crippen LogP contribution is 2.18. The Labute approximate surface area is 149 Å². The van der Waals surface area contributed by atoms with E-state index in [1.54, 1.807) is 12.1 Å². The minimum atomic E-state index is -0.647. The number of nitrogens with one attached hydrogen (secondary N) is 2. The van der Waals surface area contributed by atoms with Crippen LogP contribution in [0.5, 0.6) is 0 Å². The lowest BCUT2D eigenvalue weighted by molar-refractivity contribution is -0.118. The van der Waals surface area contributed by atoms with E-state index in [0.717, 1.165) is 14.8 Å². The van der Waals surface area contributed by atoms with Gasteiger partial charge in [-0.2, -0.15) is 0 Å². The molecular weight excluding hydrogens is 407 g/mol. The second-order valence-electron chi connectivity index (χ2n) is 5.62. The summed E-state index contributed by atoms with van der Waals surface area (Å²) < 4.78 is 6.16. The molecule has 0 aliphatic rings. The van der Waals surface area contributed by atoms with Gasteiger partial charge in [0.2, 0.25) is 5.91 Å². The number of hydrogen-bond donors (Lipinski definition) is 2. The maximum absolute atomic E-state index is 12.5. The zero-order valence-corrected chi connectivity index (χ0v) is 15.4. The molecule has 23 heavy (non-hydrogen) atoms. The number of benzene rings is 1. The molecule has 1 unspecified atom stereocenters. The lowest BCUT2D eigenvalue weighted by atomic mass is 10.0. The van der Waals surface area contributed by atoms with Crippen LogP contribution in [0.15, 0.2) is 41.0 Å². The van der Waals surface area contributed by atoms with Crippen LogP contribution >= 0.6 is 22.6 Å². The SMILES string of the molecule is Cc1cc(I)ccc1NC(=O)C(NC(=O)c1ccco1)C(C)C. The Morgan fingerprint density at radius 2 is 1.96 bits per heavy atom. The molecule has 6 heteroatoms. The van der Waals surface area contributed by atoms with Crippen molar-refractivity contribution in [1.82, 2.24) is 5.32 Å². The number of furan rings is 1. The van der Waals surface area contributed by atoms with E-state index in [9.17, 15) is 9.59 Å². The Balaban J connectivity index is 2.10. The average Bonchev–Trinajstić information content (AvgIpc) is 3.01. The highest BCUT2D eigenvalue weighted by molar-refractivity contribution is 14.1. The molecule has 5 nitrogen and oxygen atoms in total. The van der Waals surface area contributed by atoms with Crippen molar-refractivity contribution in [2.75, 3.05) is 5.32 Å². The summed E-state index contributed by atoms with van der Waals surface area (Å²) in [4.78, 5) is 24.6. The lowest BCUT2D eigenvalue weighted by Crippen LogP contribution is -2.47. The standard InChI is InChI=1S/C17H19IN2O3/c1-10(2)15(20-16(21)14-5-4-8-23-14)17(22)19-13-7-6-12(18)9-11(13)3/h4-10,15H,1-3H3,(H,19,22)(H,20,21). The lowest BCUT2D eigenvalue weighted by Gasteiger charge is -2.21. The maximum Gasteiger partial charge on any atom is 0.287 e. The summed E-state index contributed by atoms with van der Waals surface area (Å²) in [5.41, 5.74) is 1.72. The van der Waals surface area contributed by atoms with Crippen LogP contribution in [0.4, 0.5) is 5.69 Å². The molecule has 2 rings (SSSR count). The molecule has 0 bridgehead atoms. The van der Waals surface area contributed by atoms with Crippen LogP contribution in [-0.4, -0.2) is 17.9 Å². The summed E-state index contributed by atoms with van der Waals surface area (Å²) in [6.45, 7) is 5.70. The quantitative estimate of drug-likeness (QED) is 0.719. The van der Waals surface area contributed by atoms with E-state index in [4.69, 9.17) is 4.42 Å². The first-order valence-corrected chi connectivity index (χ1v) is 8.37. The minimum absolute atomic E-state index is 0.0573. The number of rotatable bonds is 5. The highest BCUT2D eigenvalue weighted by Gasteiger charge is 2.25. The monoisotopic (exact) mass is 426 g/mol. The summed E-state index contributed by atoms with van der Waals surface area (Å²) in [5.74, 6) is -0.514. The number of anilines is 1. The fraction of sp³-hybridized carbons (Fsp3) is 0.294. The number of halogens is 1. The Morgan fingerprint density at radius 1 is 1.22 bits per heavy atom. The maximum atomic E-state index is 12.5. The molecule has 0 spiro atoms. The van der Waals surface area contributed by atoms with Gasteiger partial charge in [-0.05, 0) is 71.3 Å². The molecule has 2 N–H and O–H groups in total. The van der Waals surface area contributed by atoms with Crippen molar-refractivity contribution in [3.63, 3.8) is 0 Å². The van der Waals surface area contributed by atoms with Gasteiger partial charge in [0.1, 0.15) is 6.04 Å². The molecule has 0 aliphatic heterocycles. The van der Waals surface area contributed by atoms with Gasteiger partial charge in [0, 0.05) is 9.26 Å². The van der Waals surface area contributed by atoms with Crippen LogP contribution in [0.1, 0.15) is 30.0 Å². The van der Waals surface area contributed by atoms with Gasteiger partial charge in [-0.3, -0.25) is 9.59 Å². The predicted octanol–water partition coefficient (Wildman–Crippen LogP) is 3.59. The highest BCUT2D eigenvalue weighted by atomic mass is 127. The van der Waals surface area contributed by atoms with Gasteiger partial charge < -0.3 is 15.1 Å². The molecule has 0 radical (unpaired) electrons. The summed E-state index contributed by atoms with van der Waals surface area (Å²) in [6, 6.07) is 8.33. The van der Waals surface area contributed by atoms with E-state index in [-0.39, 0.29) is 17.6 Å². The third-order valence-electron chi connectivity index (χ3n) is 3.43. The largest absolute Gasteiger partial charge is 0.459 e. The zero-order chi connectivity index (χ0) is 17.0. The number of hydrogen-bond acceptors (Lipinski definition) is 3. The Hall–Kier alpha value is -1.83. The first-order valence-electron chi connectivity index (χ1n) is 7.30. The van der Waals surface area contributed by atoms with E-state index in [0.29, 0.717) is 0 Å². The molecule has 0 aliphatic carbocycles. The van der Waals surface area contributed by atoms with Crippen molar-refractivity contribution in [1.29, 1.82) is 0 Å². The topological polar surface area (TPSA) is 71.3 Å². The predicted molar refractivity (Wildman–Crippen MR) is 97.3 cm³/mol. The Kier molecular flexibility index (Phi) is 5.81. The number of carbonyl (C=O) groups is 2. The van der Waals surface area contributed by atoms with Crippen LogP contribution in [0.3, 0.4) is 0 Å². The van der Waals surface area contributed by atoms with Gasteiger partial charge in [-0.1, -0.05) is 13.8 Å². The second kappa shape index (κ2) is 7.63. The third kappa shape index (κ3) is 4.57.